The van der Waals surface area contributed by atoms with Crippen LogP contribution in [0.1, 0.15) is 16.8 Å². The summed E-state index contributed by atoms with van der Waals surface area (Å²) in [4.78, 5) is 26.4. The zero-order valence-electron chi connectivity index (χ0n) is 18.5. The van der Waals surface area contributed by atoms with E-state index in [2.05, 4.69) is 20.4 Å². The molecule has 1 unspecified atom stereocenters. The van der Waals surface area contributed by atoms with Crippen molar-refractivity contribution in [3.63, 3.8) is 0 Å². The number of amides is 1. The number of oxime groups is 1. The summed E-state index contributed by atoms with van der Waals surface area (Å²) in [5.74, 6) is 1.09. The Morgan fingerprint density at radius 3 is 3.00 bits per heavy atom. The minimum absolute atomic E-state index is 0.181. The maximum atomic E-state index is 12.5. The largest absolute Gasteiger partial charge is 0.489 e. The predicted molar refractivity (Wildman–Crippen MR) is 126 cm³/mol. The minimum Gasteiger partial charge on any atom is -0.489 e. The Labute approximate surface area is 196 Å². The summed E-state index contributed by atoms with van der Waals surface area (Å²) >= 11 is 0. The van der Waals surface area contributed by atoms with Crippen LogP contribution in [-0.2, 0) is 4.84 Å². The SMILES string of the molecule is COc1cc(-c2ccccc2OCC2CC(CNC(=O)c3ccc4nccn4c3)=NO2)ccn1. The predicted octanol–water partition coefficient (Wildman–Crippen LogP) is 3.36. The maximum absolute atomic E-state index is 12.5. The monoisotopic (exact) mass is 457 g/mol. The van der Waals surface area contributed by atoms with E-state index in [1.807, 2.05) is 36.4 Å². The van der Waals surface area contributed by atoms with Crippen LogP contribution in [0.5, 0.6) is 11.6 Å². The molecule has 0 saturated carbocycles. The lowest BCUT2D eigenvalue weighted by atomic mass is 10.1. The van der Waals surface area contributed by atoms with E-state index < -0.39 is 0 Å². The summed E-state index contributed by atoms with van der Waals surface area (Å²) in [6.45, 7) is 0.641. The smallest absolute Gasteiger partial charge is 0.253 e. The molecular weight excluding hydrogens is 434 g/mol. The number of nitrogens with one attached hydrogen (secondary N) is 1. The summed E-state index contributed by atoms with van der Waals surface area (Å²) in [6.07, 6.45) is 7.29. The number of carbonyl (C=O) groups is 1. The number of hydrogen-bond acceptors (Lipinski definition) is 7. The molecule has 1 N–H and O–H groups in total. The molecule has 0 spiro atoms. The maximum Gasteiger partial charge on any atom is 0.253 e. The Morgan fingerprint density at radius 1 is 1.18 bits per heavy atom. The van der Waals surface area contributed by atoms with Gasteiger partial charge in [-0.3, -0.25) is 4.79 Å². The average Bonchev–Trinajstić information content (AvgIpc) is 3.55. The van der Waals surface area contributed by atoms with Crippen LogP contribution in [-0.4, -0.2) is 52.4 Å². The van der Waals surface area contributed by atoms with Crippen molar-refractivity contribution in [2.24, 2.45) is 5.16 Å². The molecule has 1 aliphatic rings. The first-order chi connectivity index (χ1) is 16.7. The number of methoxy groups -OCH3 is 1. The molecule has 0 radical (unpaired) electrons. The molecule has 1 aromatic carbocycles. The third-order valence-electron chi connectivity index (χ3n) is 5.46. The Balaban J connectivity index is 1.14. The Bertz CT molecular complexity index is 1350. The highest BCUT2D eigenvalue weighted by molar-refractivity contribution is 5.98. The molecule has 34 heavy (non-hydrogen) atoms. The van der Waals surface area contributed by atoms with Crippen molar-refractivity contribution in [3.8, 4) is 22.8 Å². The van der Waals surface area contributed by atoms with Crippen LogP contribution >= 0.6 is 0 Å². The number of imidazole rings is 1. The molecule has 172 valence electrons. The lowest BCUT2D eigenvalue weighted by Crippen LogP contribution is -2.30. The summed E-state index contributed by atoms with van der Waals surface area (Å²) in [5.41, 5.74) is 3.98. The van der Waals surface area contributed by atoms with E-state index >= 15 is 0 Å². The highest BCUT2D eigenvalue weighted by atomic mass is 16.7. The van der Waals surface area contributed by atoms with E-state index in [1.54, 1.807) is 48.4 Å². The van der Waals surface area contributed by atoms with Gasteiger partial charge in [0.1, 0.15) is 18.0 Å². The number of pyridine rings is 2. The number of fused-ring (bicyclic) bond motifs is 1. The van der Waals surface area contributed by atoms with Crippen LogP contribution < -0.4 is 14.8 Å². The molecule has 0 aliphatic carbocycles. The third kappa shape index (κ3) is 4.68. The lowest BCUT2D eigenvalue weighted by Gasteiger charge is -2.14. The topological polar surface area (TPSA) is 99.3 Å². The number of aromatic nitrogens is 3. The van der Waals surface area contributed by atoms with Gasteiger partial charge in [-0.05, 0) is 29.8 Å². The summed E-state index contributed by atoms with van der Waals surface area (Å²) < 4.78 is 13.1. The number of benzene rings is 1. The number of ether oxygens (including phenoxy) is 2. The van der Waals surface area contributed by atoms with E-state index in [4.69, 9.17) is 14.3 Å². The van der Waals surface area contributed by atoms with Crippen molar-refractivity contribution in [1.82, 2.24) is 19.7 Å². The second-order valence-electron chi connectivity index (χ2n) is 7.78. The zero-order chi connectivity index (χ0) is 23.3. The fourth-order valence-electron chi connectivity index (χ4n) is 3.72. The molecule has 3 aromatic heterocycles. The van der Waals surface area contributed by atoms with Gasteiger partial charge in [-0.2, -0.15) is 0 Å². The minimum atomic E-state index is -0.228. The van der Waals surface area contributed by atoms with Crippen molar-refractivity contribution in [2.75, 3.05) is 20.3 Å². The fourth-order valence-corrected chi connectivity index (χ4v) is 3.72. The van der Waals surface area contributed by atoms with Gasteiger partial charge >= 0.3 is 0 Å². The summed E-state index contributed by atoms with van der Waals surface area (Å²) in [5, 5.41) is 7.01. The first kappa shape index (κ1) is 21.4. The molecule has 0 saturated heterocycles. The van der Waals surface area contributed by atoms with Crippen LogP contribution in [0.4, 0.5) is 0 Å². The van der Waals surface area contributed by atoms with Crippen LogP contribution in [0.2, 0.25) is 0 Å². The van der Waals surface area contributed by atoms with E-state index in [0.29, 0.717) is 31.0 Å². The van der Waals surface area contributed by atoms with Crippen molar-refractivity contribution in [3.05, 3.63) is 78.9 Å². The van der Waals surface area contributed by atoms with Crippen LogP contribution in [0.25, 0.3) is 16.8 Å². The number of para-hydroxylation sites is 1. The number of hydrogen-bond donors (Lipinski definition) is 1. The van der Waals surface area contributed by atoms with Gasteiger partial charge in [-0.15, -0.1) is 0 Å². The van der Waals surface area contributed by atoms with Crippen LogP contribution in [0.15, 0.2) is 78.5 Å². The third-order valence-corrected chi connectivity index (χ3v) is 5.46. The Hall–Kier alpha value is -4.40. The van der Waals surface area contributed by atoms with Crippen LogP contribution in [0, 0.1) is 0 Å². The van der Waals surface area contributed by atoms with E-state index in [1.165, 1.54) is 0 Å². The van der Waals surface area contributed by atoms with Gasteiger partial charge in [0.15, 0.2) is 6.10 Å². The van der Waals surface area contributed by atoms with Crippen molar-refractivity contribution < 1.29 is 19.1 Å². The van der Waals surface area contributed by atoms with Gasteiger partial charge < -0.3 is 24.0 Å². The standard InChI is InChI=1S/C25H23N5O4/c1-32-24-12-17(8-9-27-24)21-4-2-3-5-22(21)33-16-20-13-19(29-34-20)14-28-25(31)18-6-7-23-26-10-11-30(23)15-18/h2-12,15,20H,13-14,16H2,1H3,(H,28,31). The molecule has 4 aromatic rings. The number of nitrogens with zero attached hydrogens (tertiary/aromatic N) is 4. The zero-order valence-corrected chi connectivity index (χ0v) is 18.5. The molecule has 1 amide bonds. The van der Waals surface area contributed by atoms with Crippen molar-refractivity contribution in [2.45, 2.75) is 12.5 Å². The van der Waals surface area contributed by atoms with E-state index in [9.17, 15) is 4.79 Å². The lowest BCUT2D eigenvalue weighted by molar-refractivity contribution is 0.0472. The second-order valence-corrected chi connectivity index (χ2v) is 7.78. The van der Waals surface area contributed by atoms with Crippen LogP contribution in [0.3, 0.4) is 0 Å². The van der Waals surface area contributed by atoms with Gasteiger partial charge in [-0.1, -0.05) is 23.4 Å². The highest BCUT2D eigenvalue weighted by Crippen LogP contribution is 2.31. The molecule has 5 rings (SSSR count). The molecule has 9 nitrogen and oxygen atoms in total. The normalized spacial score (nSPS) is 15.0. The molecule has 4 heterocycles. The van der Waals surface area contributed by atoms with Crippen molar-refractivity contribution in [1.29, 1.82) is 0 Å². The van der Waals surface area contributed by atoms with E-state index in [0.717, 1.165) is 28.2 Å². The van der Waals surface area contributed by atoms with Gasteiger partial charge in [0.05, 0.1) is 24.9 Å². The molecule has 1 atom stereocenters. The second kappa shape index (κ2) is 9.62. The first-order valence-electron chi connectivity index (χ1n) is 10.8. The van der Waals surface area contributed by atoms with Gasteiger partial charge in [0.25, 0.3) is 5.91 Å². The Kier molecular flexibility index (Phi) is 6.07. The molecule has 9 heteroatoms. The fraction of sp³-hybridized carbons (Fsp3) is 0.200. The van der Waals surface area contributed by atoms with Crippen molar-refractivity contribution >= 4 is 17.3 Å². The number of rotatable bonds is 8. The number of carbonyl (C=O) groups excluding carboxylic acids is 1. The molecule has 0 fully saturated rings. The molecular formula is C25H23N5O4. The summed E-state index contributed by atoms with van der Waals surface area (Å²) in [7, 11) is 1.59. The Morgan fingerprint density at radius 2 is 2.09 bits per heavy atom. The van der Waals surface area contributed by atoms with Gasteiger partial charge in [0.2, 0.25) is 5.88 Å². The average molecular weight is 457 g/mol. The van der Waals surface area contributed by atoms with Gasteiger partial charge in [-0.25, -0.2) is 9.97 Å². The quantitative estimate of drug-likeness (QED) is 0.436. The summed E-state index contributed by atoms with van der Waals surface area (Å²) in [6, 6.07) is 15.1. The molecule has 1 aliphatic heterocycles. The molecule has 0 bridgehead atoms. The van der Waals surface area contributed by atoms with E-state index in [-0.39, 0.29) is 12.0 Å². The highest BCUT2D eigenvalue weighted by Gasteiger charge is 2.23. The van der Waals surface area contributed by atoms with Gasteiger partial charge in [0, 0.05) is 42.8 Å². The first-order valence-corrected chi connectivity index (χ1v) is 10.8.